The van der Waals surface area contributed by atoms with E-state index in [-0.39, 0.29) is 17.4 Å². The monoisotopic (exact) mass is 226 g/mol. The molecule has 0 bridgehead atoms. The minimum atomic E-state index is -0.701. The number of methoxy groups -OCH3 is 1. The average molecular weight is 226 g/mol. The summed E-state index contributed by atoms with van der Waals surface area (Å²) in [5.74, 6) is -1.10. The molecule has 4 heteroatoms. The lowest BCUT2D eigenvalue weighted by Gasteiger charge is -2.12. The second-order valence-corrected chi connectivity index (χ2v) is 3.73. The van der Waals surface area contributed by atoms with Crippen LogP contribution >= 0.6 is 0 Å². The lowest BCUT2D eigenvalue weighted by atomic mass is 10.1. The van der Waals surface area contributed by atoms with Crippen molar-refractivity contribution < 1.29 is 18.7 Å². The number of hydrogen-bond acceptors (Lipinski definition) is 3. The van der Waals surface area contributed by atoms with E-state index in [0.717, 1.165) is 0 Å². The van der Waals surface area contributed by atoms with E-state index in [0.29, 0.717) is 5.56 Å². The molecule has 16 heavy (non-hydrogen) atoms. The summed E-state index contributed by atoms with van der Waals surface area (Å²) in [7, 11) is 1.39. The molecule has 0 saturated heterocycles. The van der Waals surface area contributed by atoms with Gasteiger partial charge in [0.1, 0.15) is 17.1 Å². The molecule has 0 spiro atoms. The molecule has 0 aliphatic heterocycles. The zero-order valence-electron chi connectivity index (χ0n) is 9.83. The smallest absolute Gasteiger partial charge is 0.345 e. The van der Waals surface area contributed by atoms with Crippen LogP contribution in [0.4, 0.5) is 4.39 Å². The van der Waals surface area contributed by atoms with Crippen molar-refractivity contribution in [3.05, 3.63) is 29.1 Å². The Morgan fingerprint density at radius 2 is 2.00 bits per heavy atom. The minimum Gasteiger partial charge on any atom is -0.496 e. The third kappa shape index (κ3) is 2.51. The molecule has 0 fully saturated rings. The molecular formula is C12H15FO3. The number of esters is 1. The topological polar surface area (TPSA) is 35.5 Å². The number of carbonyl (C=O) groups excluding carboxylic acids is 1. The quantitative estimate of drug-likeness (QED) is 0.743. The summed E-state index contributed by atoms with van der Waals surface area (Å²) < 4.78 is 23.7. The highest BCUT2D eigenvalue weighted by Crippen LogP contribution is 2.25. The highest BCUT2D eigenvalue weighted by Gasteiger charge is 2.21. The molecule has 88 valence electrons. The van der Waals surface area contributed by atoms with Crippen LogP contribution in [0.2, 0.25) is 0 Å². The maximum absolute atomic E-state index is 13.8. The summed E-state index contributed by atoms with van der Waals surface area (Å²) in [5.41, 5.74) is 0.243. The molecule has 0 aromatic heterocycles. The van der Waals surface area contributed by atoms with Crippen molar-refractivity contribution >= 4 is 5.97 Å². The van der Waals surface area contributed by atoms with Crippen molar-refractivity contribution in [1.82, 2.24) is 0 Å². The molecule has 1 aromatic carbocycles. The highest BCUT2D eigenvalue weighted by molar-refractivity contribution is 5.93. The Hall–Kier alpha value is -1.58. The first-order valence-electron chi connectivity index (χ1n) is 5.01. The SMILES string of the molecule is COc1ccc(C)c(F)c1C(=O)OC(C)C. The molecule has 0 radical (unpaired) electrons. The van der Waals surface area contributed by atoms with Crippen molar-refractivity contribution in [2.75, 3.05) is 7.11 Å². The number of aryl methyl sites for hydroxylation is 1. The van der Waals surface area contributed by atoms with Crippen molar-refractivity contribution in [2.24, 2.45) is 0 Å². The number of carbonyl (C=O) groups is 1. The van der Waals surface area contributed by atoms with E-state index in [9.17, 15) is 9.18 Å². The fourth-order valence-electron chi connectivity index (χ4n) is 1.30. The van der Waals surface area contributed by atoms with Crippen molar-refractivity contribution in [1.29, 1.82) is 0 Å². The molecule has 0 aliphatic rings. The Kier molecular flexibility index (Phi) is 3.88. The zero-order valence-corrected chi connectivity index (χ0v) is 9.83. The van der Waals surface area contributed by atoms with Crippen LogP contribution in [0.5, 0.6) is 5.75 Å². The standard InChI is InChI=1S/C12H15FO3/c1-7(2)16-12(14)10-9(15-4)6-5-8(3)11(10)13/h5-7H,1-4H3. The lowest BCUT2D eigenvalue weighted by Crippen LogP contribution is -2.15. The number of halogens is 1. The zero-order chi connectivity index (χ0) is 12.3. The van der Waals surface area contributed by atoms with Crippen LogP contribution in [-0.2, 0) is 4.74 Å². The fraction of sp³-hybridized carbons (Fsp3) is 0.417. The second-order valence-electron chi connectivity index (χ2n) is 3.73. The second kappa shape index (κ2) is 4.96. The summed E-state index contributed by atoms with van der Waals surface area (Å²) in [6.07, 6.45) is -0.294. The van der Waals surface area contributed by atoms with Crippen LogP contribution < -0.4 is 4.74 Å². The lowest BCUT2D eigenvalue weighted by molar-refractivity contribution is 0.0368. The summed E-state index contributed by atoms with van der Waals surface area (Å²) in [6, 6.07) is 3.11. The normalized spacial score (nSPS) is 10.4. The van der Waals surface area contributed by atoms with Crippen LogP contribution in [0.3, 0.4) is 0 Å². The third-order valence-corrected chi connectivity index (χ3v) is 2.06. The average Bonchev–Trinajstić information content (AvgIpc) is 2.20. The Morgan fingerprint density at radius 3 is 2.50 bits per heavy atom. The van der Waals surface area contributed by atoms with Crippen LogP contribution in [-0.4, -0.2) is 19.2 Å². The number of benzene rings is 1. The molecule has 0 N–H and O–H groups in total. The third-order valence-electron chi connectivity index (χ3n) is 2.06. The van der Waals surface area contributed by atoms with E-state index in [4.69, 9.17) is 9.47 Å². The Bertz CT molecular complexity index is 399. The van der Waals surface area contributed by atoms with Gasteiger partial charge in [0.15, 0.2) is 0 Å². The van der Waals surface area contributed by atoms with Gasteiger partial charge in [-0.1, -0.05) is 6.07 Å². The van der Waals surface area contributed by atoms with E-state index in [2.05, 4.69) is 0 Å². The van der Waals surface area contributed by atoms with Gasteiger partial charge < -0.3 is 9.47 Å². The Balaban J connectivity index is 3.19. The van der Waals surface area contributed by atoms with Gasteiger partial charge in [-0.25, -0.2) is 9.18 Å². The Labute approximate surface area is 94.2 Å². The van der Waals surface area contributed by atoms with Gasteiger partial charge in [-0.05, 0) is 32.4 Å². The van der Waals surface area contributed by atoms with Gasteiger partial charge in [0, 0.05) is 0 Å². The van der Waals surface area contributed by atoms with Gasteiger partial charge >= 0.3 is 5.97 Å². The minimum absolute atomic E-state index is 0.142. The predicted molar refractivity (Wildman–Crippen MR) is 58.2 cm³/mol. The number of rotatable bonds is 3. The molecule has 0 heterocycles. The van der Waals surface area contributed by atoms with Crippen molar-refractivity contribution in [3.63, 3.8) is 0 Å². The van der Waals surface area contributed by atoms with Gasteiger partial charge in [-0.2, -0.15) is 0 Å². The van der Waals surface area contributed by atoms with E-state index in [1.165, 1.54) is 7.11 Å². The molecule has 0 atom stereocenters. The summed E-state index contributed by atoms with van der Waals surface area (Å²) in [5, 5.41) is 0. The first kappa shape index (κ1) is 12.5. The predicted octanol–water partition coefficient (Wildman–Crippen LogP) is 2.71. The maximum Gasteiger partial charge on any atom is 0.345 e. The number of hydrogen-bond donors (Lipinski definition) is 0. The summed E-state index contributed by atoms with van der Waals surface area (Å²) in [6.45, 7) is 5.00. The molecular weight excluding hydrogens is 211 g/mol. The molecule has 1 aromatic rings. The summed E-state index contributed by atoms with van der Waals surface area (Å²) in [4.78, 5) is 11.7. The van der Waals surface area contributed by atoms with E-state index < -0.39 is 11.8 Å². The first-order chi connectivity index (χ1) is 7.47. The van der Waals surface area contributed by atoms with Crippen molar-refractivity contribution in [2.45, 2.75) is 26.9 Å². The van der Waals surface area contributed by atoms with Gasteiger partial charge in [0.2, 0.25) is 0 Å². The van der Waals surface area contributed by atoms with Crippen LogP contribution in [0.1, 0.15) is 29.8 Å². The fourth-order valence-corrected chi connectivity index (χ4v) is 1.30. The molecule has 0 amide bonds. The molecule has 0 aliphatic carbocycles. The van der Waals surface area contributed by atoms with E-state index in [1.54, 1.807) is 32.9 Å². The van der Waals surface area contributed by atoms with Crippen LogP contribution in [0.15, 0.2) is 12.1 Å². The highest BCUT2D eigenvalue weighted by atomic mass is 19.1. The van der Waals surface area contributed by atoms with Gasteiger partial charge in [-0.15, -0.1) is 0 Å². The number of ether oxygens (including phenoxy) is 2. The molecule has 0 saturated carbocycles. The van der Waals surface area contributed by atoms with Crippen LogP contribution in [0.25, 0.3) is 0 Å². The maximum atomic E-state index is 13.8. The Morgan fingerprint density at radius 1 is 1.38 bits per heavy atom. The van der Waals surface area contributed by atoms with E-state index >= 15 is 0 Å². The largest absolute Gasteiger partial charge is 0.496 e. The van der Waals surface area contributed by atoms with Gasteiger partial charge in [0.05, 0.1) is 13.2 Å². The molecule has 0 unspecified atom stereocenters. The van der Waals surface area contributed by atoms with Gasteiger partial charge in [-0.3, -0.25) is 0 Å². The van der Waals surface area contributed by atoms with E-state index in [1.807, 2.05) is 0 Å². The van der Waals surface area contributed by atoms with Crippen molar-refractivity contribution in [3.8, 4) is 5.75 Å². The van der Waals surface area contributed by atoms with Crippen LogP contribution in [0, 0.1) is 12.7 Å². The van der Waals surface area contributed by atoms with Gasteiger partial charge in [0.25, 0.3) is 0 Å². The summed E-state index contributed by atoms with van der Waals surface area (Å²) >= 11 is 0. The molecule has 1 rings (SSSR count). The molecule has 3 nitrogen and oxygen atoms in total. The first-order valence-corrected chi connectivity index (χ1v) is 5.01.